The number of aryl methyl sites for hydroxylation is 1. The molecule has 13 heavy (non-hydrogen) atoms. The first-order chi connectivity index (χ1) is 6.16. The highest BCUT2D eigenvalue weighted by Gasteiger charge is 2.14. The Morgan fingerprint density at radius 2 is 2.15 bits per heavy atom. The summed E-state index contributed by atoms with van der Waals surface area (Å²) in [7, 11) is 0. The van der Waals surface area contributed by atoms with Crippen molar-refractivity contribution in [2.45, 2.75) is 13.0 Å². The van der Waals surface area contributed by atoms with E-state index in [1.807, 2.05) is 19.1 Å². The van der Waals surface area contributed by atoms with Crippen molar-refractivity contribution < 1.29 is 9.90 Å². The van der Waals surface area contributed by atoms with Gasteiger partial charge >= 0.3 is 0 Å². The molecule has 2 heteroatoms. The second kappa shape index (κ2) is 4.01. The van der Waals surface area contributed by atoms with Crippen molar-refractivity contribution in [2.75, 3.05) is 0 Å². The first-order valence-electron chi connectivity index (χ1n) is 4.07. The van der Waals surface area contributed by atoms with E-state index in [2.05, 4.69) is 6.58 Å². The number of aliphatic hydroxyl groups excluding tert-OH is 1. The molecule has 1 atom stereocenters. The van der Waals surface area contributed by atoms with Gasteiger partial charge in [0.15, 0.2) is 5.78 Å². The Hall–Kier alpha value is -1.41. The second-order valence-corrected chi connectivity index (χ2v) is 2.86. The van der Waals surface area contributed by atoms with Crippen LogP contribution < -0.4 is 0 Å². The molecule has 0 spiro atoms. The van der Waals surface area contributed by atoms with Gasteiger partial charge in [0.2, 0.25) is 0 Å². The van der Waals surface area contributed by atoms with E-state index in [1.54, 1.807) is 12.1 Å². The van der Waals surface area contributed by atoms with Crippen LogP contribution in [0.25, 0.3) is 0 Å². The van der Waals surface area contributed by atoms with E-state index in [-0.39, 0.29) is 5.78 Å². The van der Waals surface area contributed by atoms with Crippen LogP contribution in [0.15, 0.2) is 36.9 Å². The van der Waals surface area contributed by atoms with Gasteiger partial charge in [0.05, 0.1) is 0 Å². The third-order valence-electron chi connectivity index (χ3n) is 1.90. The molecule has 0 heterocycles. The molecule has 1 N–H and O–H groups in total. The summed E-state index contributed by atoms with van der Waals surface area (Å²) in [6.45, 7) is 5.20. The molecule has 2 nitrogen and oxygen atoms in total. The third-order valence-corrected chi connectivity index (χ3v) is 1.90. The molecule has 0 fully saturated rings. The fourth-order valence-corrected chi connectivity index (χ4v) is 1.12. The Bertz CT molecular complexity index is 329. The Kier molecular flexibility index (Phi) is 2.98. The lowest BCUT2D eigenvalue weighted by atomic mass is 10.0. The van der Waals surface area contributed by atoms with E-state index in [9.17, 15) is 9.90 Å². The van der Waals surface area contributed by atoms with Crippen molar-refractivity contribution in [3.63, 3.8) is 0 Å². The summed E-state index contributed by atoms with van der Waals surface area (Å²) < 4.78 is 0. The van der Waals surface area contributed by atoms with Gasteiger partial charge in [-0.25, -0.2) is 0 Å². The van der Waals surface area contributed by atoms with Crippen LogP contribution in [0, 0.1) is 6.92 Å². The minimum absolute atomic E-state index is 0.298. The molecule has 0 aliphatic rings. The SMILES string of the molecule is C=CC(O)C(=O)c1ccccc1C. The Morgan fingerprint density at radius 3 is 2.69 bits per heavy atom. The summed E-state index contributed by atoms with van der Waals surface area (Å²) >= 11 is 0. The normalized spacial score (nSPS) is 12.2. The van der Waals surface area contributed by atoms with Crippen molar-refractivity contribution in [1.29, 1.82) is 0 Å². The lowest BCUT2D eigenvalue weighted by molar-refractivity contribution is 0.0820. The number of hydrogen-bond donors (Lipinski definition) is 1. The number of carbonyl (C=O) groups excluding carboxylic acids is 1. The van der Waals surface area contributed by atoms with Gasteiger partial charge in [0.1, 0.15) is 6.10 Å². The van der Waals surface area contributed by atoms with E-state index in [1.165, 1.54) is 6.08 Å². The second-order valence-electron chi connectivity index (χ2n) is 2.86. The molecule has 0 aliphatic heterocycles. The van der Waals surface area contributed by atoms with Crippen molar-refractivity contribution in [3.05, 3.63) is 48.0 Å². The Morgan fingerprint density at radius 1 is 1.54 bits per heavy atom. The summed E-state index contributed by atoms with van der Waals surface area (Å²) in [5.74, 6) is -0.298. The molecule has 0 aromatic heterocycles. The maximum atomic E-state index is 11.5. The average molecular weight is 176 g/mol. The van der Waals surface area contributed by atoms with Gasteiger partial charge in [0.25, 0.3) is 0 Å². The first-order valence-corrected chi connectivity index (χ1v) is 4.07. The summed E-state index contributed by atoms with van der Waals surface area (Å²) in [4.78, 5) is 11.5. The van der Waals surface area contributed by atoms with E-state index in [0.717, 1.165) is 5.56 Å². The molecule has 0 radical (unpaired) electrons. The highest BCUT2D eigenvalue weighted by molar-refractivity contribution is 6.01. The van der Waals surface area contributed by atoms with Crippen LogP contribution in [-0.2, 0) is 0 Å². The van der Waals surface area contributed by atoms with Crippen LogP contribution in [0.5, 0.6) is 0 Å². The lowest BCUT2D eigenvalue weighted by Gasteiger charge is -2.06. The number of hydrogen-bond acceptors (Lipinski definition) is 2. The molecular weight excluding hydrogens is 164 g/mol. The minimum atomic E-state index is -1.10. The predicted molar refractivity (Wildman–Crippen MR) is 51.7 cm³/mol. The molecule has 1 aromatic rings. The van der Waals surface area contributed by atoms with Crippen molar-refractivity contribution in [2.24, 2.45) is 0 Å². The molecule has 68 valence electrons. The molecule has 1 aromatic carbocycles. The zero-order valence-electron chi connectivity index (χ0n) is 7.53. The molecule has 1 unspecified atom stereocenters. The maximum Gasteiger partial charge on any atom is 0.195 e. The first kappa shape index (κ1) is 9.68. The number of Topliss-reactive ketones (excluding diaryl/α,β-unsaturated/α-hetero) is 1. The van der Waals surface area contributed by atoms with E-state index in [0.29, 0.717) is 5.56 Å². The highest BCUT2D eigenvalue weighted by atomic mass is 16.3. The van der Waals surface area contributed by atoms with Gasteiger partial charge in [-0.15, -0.1) is 6.58 Å². The fraction of sp³-hybridized carbons (Fsp3) is 0.182. The summed E-state index contributed by atoms with van der Waals surface area (Å²) in [5.41, 5.74) is 1.42. The quantitative estimate of drug-likeness (QED) is 0.562. The van der Waals surface area contributed by atoms with Gasteiger partial charge in [-0.1, -0.05) is 30.3 Å². The Balaban J connectivity index is 3.02. The number of carbonyl (C=O) groups is 1. The Labute approximate surface area is 77.5 Å². The summed E-state index contributed by atoms with van der Waals surface area (Å²) in [5, 5.41) is 9.24. The van der Waals surface area contributed by atoms with E-state index in [4.69, 9.17) is 0 Å². The zero-order chi connectivity index (χ0) is 9.84. The summed E-state index contributed by atoms with van der Waals surface area (Å²) in [6, 6.07) is 7.16. The third kappa shape index (κ3) is 2.04. The van der Waals surface area contributed by atoms with E-state index >= 15 is 0 Å². The van der Waals surface area contributed by atoms with Gasteiger partial charge < -0.3 is 5.11 Å². The summed E-state index contributed by atoms with van der Waals surface area (Å²) in [6.07, 6.45) is 0.135. The maximum absolute atomic E-state index is 11.5. The molecule has 0 bridgehead atoms. The average Bonchev–Trinajstić information content (AvgIpc) is 2.16. The van der Waals surface area contributed by atoms with Crippen molar-refractivity contribution in [3.8, 4) is 0 Å². The van der Waals surface area contributed by atoms with Crippen LogP contribution in [0.4, 0.5) is 0 Å². The van der Waals surface area contributed by atoms with Crippen LogP contribution in [0.3, 0.4) is 0 Å². The lowest BCUT2D eigenvalue weighted by Crippen LogP contribution is -2.18. The van der Waals surface area contributed by atoms with Crippen molar-refractivity contribution >= 4 is 5.78 Å². The zero-order valence-corrected chi connectivity index (χ0v) is 7.53. The standard InChI is InChI=1S/C11H12O2/c1-3-10(12)11(13)9-7-5-4-6-8(9)2/h3-7,10,12H,1H2,2H3. The van der Waals surface area contributed by atoms with Crippen LogP contribution in [-0.4, -0.2) is 17.0 Å². The number of benzene rings is 1. The highest BCUT2D eigenvalue weighted by Crippen LogP contribution is 2.10. The van der Waals surface area contributed by atoms with Crippen LogP contribution in [0.2, 0.25) is 0 Å². The fourth-order valence-electron chi connectivity index (χ4n) is 1.12. The largest absolute Gasteiger partial charge is 0.381 e. The predicted octanol–water partition coefficient (Wildman–Crippen LogP) is 1.72. The monoisotopic (exact) mass is 176 g/mol. The smallest absolute Gasteiger partial charge is 0.195 e. The molecular formula is C11H12O2. The van der Waals surface area contributed by atoms with Gasteiger partial charge in [-0.05, 0) is 12.5 Å². The van der Waals surface area contributed by atoms with Gasteiger partial charge in [-0.3, -0.25) is 4.79 Å². The topological polar surface area (TPSA) is 37.3 Å². The molecule has 1 rings (SSSR count). The van der Waals surface area contributed by atoms with E-state index < -0.39 is 6.10 Å². The number of rotatable bonds is 3. The number of aliphatic hydroxyl groups is 1. The number of ketones is 1. The van der Waals surface area contributed by atoms with Gasteiger partial charge in [-0.2, -0.15) is 0 Å². The van der Waals surface area contributed by atoms with Gasteiger partial charge in [0, 0.05) is 5.56 Å². The molecule has 0 saturated heterocycles. The van der Waals surface area contributed by atoms with Crippen LogP contribution >= 0.6 is 0 Å². The van der Waals surface area contributed by atoms with Crippen LogP contribution in [0.1, 0.15) is 15.9 Å². The molecule has 0 aliphatic carbocycles. The van der Waals surface area contributed by atoms with Crippen molar-refractivity contribution in [1.82, 2.24) is 0 Å². The molecule has 0 amide bonds. The minimum Gasteiger partial charge on any atom is -0.381 e. The molecule has 0 saturated carbocycles.